The summed E-state index contributed by atoms with van der Waals surface area (Å²) in [7, 11) is 3.28. The van der Waals surface area contributed by atoms with E-state index in [1.807, 2.05) is 18.2 Å². The summed E-state index contributed by atoms with van der Waals surface area (Å²) >= 11 is 0. The third kappa shape index (κ3) is 6.39. The van der Waals surface area contributed by atoms with Crippen LogP contribution in [-0.4, -0.2) is 44.7 Å². The molecule has 1 aliphatic rings. The third-order valence-corrected chi connectivity index (χ3v) is 5.23. The summed E-state index contributed by atoms with van der Waals surface area (Å²) in [6.07, 6.45) is 3.47. The number of ether oxygens (including phenoxy) is 2. The molecule has 2 aromatic rings. The molecule has 0 aliphatic carbocycles. The molecule has 29 heavy (non-hydrogen) atoms. The summed E-state index contributed by atoms with van der Waals surface area (Å²) in [4.78, 5) is 6.96. The lowest BCUT2D eigenvalue weighted by Crippen LogP contribution is -2.33. The fraction of sp³-hybridized carbons (Fsp3) is 0.435. The molecule has 0 aromatic heterocycles. The van der Waals surface area contributed by atoms with Crippen molar-refractivity contribution >= 4 is 5.96 Å². The van der Waals surface area contributed by atoms with E-state index in [-0.39, 0.29) is 0 Å². The minimum Gasteiger partial charge on any atom is -0.493 e. The zero-order chi connectivity index (χ0) is 20.5. The Morgan fingerprint density at radius 1 is 0.966 bits per heavy atom. The second-order valence-electron chi connectivity index (χ2n) is 7.37. The molecule has 1 aliphatic heterocycles. The van der Waals surface area contributed by atoms with Crippen LogP contribution in [-0.2, 0) is 19.5 Å². The van der Waals surface area contributed by atoms with Crippen molar-refractivity contribution in [2.45, 2.75) is 32.4 Å². The number of aliphatic imine (C=N–C) groups is 1. The van der Waals surface area contributed by atoms with Gasteiger partial charge in [-0.25, -0.2) is 4.99 Å². The molecule has 0 spiro atoms. The van der Waals surface area contributed by atoms with Crippen molar-refractivity contribution in [2.24, 2.45) is 10.7 Å². The molecule has 6 heteroatoms. The summed E-state index contributed by atoms with van der Waals surface area (Å²) in [6, 6.07) is 14.6. The van der Waals surface area contributed by atoms with Gasteiger partial charge in [-0.3, -0.25) is 4.90 Å². The van der Waals surface area contributed by atoms with E-state index in [0.29, 0.717) is 19.0 Å². The Hall–Kier alpha value is -2.73. The number of nitrogens with two attached hydrogens (primary N) is 1. The summed E-state index contributed by atoms with van der Waals surface area (Å²) < 4.78 is 10.6. The molecule has 0 unspecified atom stereocenters. The minimum absolute atomic E-state index is 0.464. The third-order valence-electron chi connectivity index (χ3n) is 5.23. The predicted octanol–water partition coefficient (Wildman–Crippen LogP) is 2.95. The molecule has 0 bridgehead atoms. The molecular weight excluding hydrogens is 364 g/mol. The Balaban J connectivity index is 1.43. The lowest BCUT2D eigenvalue weighted by Gasteiger charge is -2.14. The highest BCUT2D eigenvalue weighted by molar-refractivity contribution is 5.77. The molecule has 3 N–H and O–H groups in total. The number of nitrogens with zero attached hydrogens (tertiary/aromatic N) is 2. The maximum atomic E-state index is 6.01. The zero-order valence-corrected chi connectivity index (χ0v) is 17.5. The summed E-state index contributed by atoms with van der Waals surface area (Å²) in [5.74, 6) is 1.93. The monoisotopic (exact) mass is 396 g/mol. The van der Waals surface area contributed by atoms with Crippen LogP contribution in [0.1, 0.15) is 29.5 Å². The van der Waals surface area contributed by atoms with E-state index < -0.39 is 0 Å². The van der Waals surface area contributed by atoms with Gasteiger partial charge < -0.3 is 20.5 Å². The van der Waals surface area contributed by atoms with Crippen LogP contribution in [0, 0.1) is 0 Å². The maximum Gasteiger partial charge on any atom is 0.188 e. The van der Waals surface area contributed by atoms with E-state index in [9.17, 15) is 0 Å². The molecule has 1 saturated heterocycles. The van der Waals surface area contributed by atoms with Crippen LogP contribution in [0.15, 0.2) is 47.5 Å². The van der Waals surface area contributed by atoms with Crippen LogP contribution in [0.2, 0.25) is 0 Å². The molecule has 6 nitrogen and oxygen atoms in total. The van der Waals surface area contributed by atoms with Gasteiger partial charge in [-0.2, -0.15) is 0 Å². The number of hydrogen-bond acceptors (Lipinski definition) is 4. The van der Waals surface area contributed by atoms with Gasteiger partial charge in [0.05, 0.1) is 20.8 Å². The van der Waals surface area contributed by atoms with Gasteiger partial charge in [-0.05, 0) is 61.2 Å². The van der Waals surface area contributed by atoms with Crippen LogP contribution >= 0.6 is 0 Å². The number of rotatable bonds is 9. The average Bonchev–Trinajstić information content (AvgIpc) is 3.26. The molecule has 1 fully saturated rings. The van der Waals surface area contributed by atoms with E-state index in [1.54, 1.807) is 14.2 Å². The molecule has 156 valence electrons. The van der Waals surface area contributed by atoms with Crippen LogP contribution < -0.4 is 20.5 Å². The van der Waals surface area contributed by atoms with Gasteiger partial charge >= 0.3 is 0 Å². The Labute approximate surface area is 173 Å². The Kier molecular flexibility index (Phi) is 7.76. The molecule has 2 aromatic carbocycles. The summed E-state index contributed by atoms with van der Waals surface area (Å²) in [6.45, 7) is 4.78. The smallest absolute Gasteiger partial charge is 0.188 e. The lowest BCUT2D eigenvalue weighted by atomic mass is 10.1. The minimum atomic E-state index is 0.464. The van der Waals surface area contributed by atoms with Crippen LogP contribution in [0.4, 0.5) is 0 Å². The standard InChI is InChI=1S/C23H32N4O2/c1-28-21-10-9-18(15-22(21)29-2)11-12-25-23(24)26-16-19-5-7-20(8-6-19)17-27-13-3-4-14-27/h5-10,15H,3-4,11-14,16-17H2,1-2H3,(H3,24,25,26). The van der Waals surface area contributed by atoms with Crippen molar-refractivity contribution in [3.63, 3.8) is 0 Å². The SMILES string of the molecule is COc1ccc(CCNC(N)=NCc2ccc(CN3CCCC3)cc2)cc1OC. The van der Waals surface area contributed by atoms with E-state index >= 15 is 0 Å². The summed E-state index contributed by atoms with van der Waals surface area (Å²) in [5.41, 5.74) is 9.69. The second-order valence-corrected chi connectivity index (χ2v) is 7.37. The first kappa shape index (κ1) is 21.0. The Morgan fingerprint density at radius 2 is 1.62 bits per heavy atom. The highest BCUT2D eigenvalue weighted by Gasteiger charge is 2.11. The quantitative estimate of drug-likeness (QED) is 0.504. The van der Waals surface area contributed by atoms with Gasteiger partial charge in [0.1, 0.15) is 0 Å². The van der Waals surface area contributed by atoms with Gasteiger partial charge in [0.2, 0.25) is 0 Å². The molecule has 0 saturated carbocycles. The first-order chi connectivity index (χ1) is 14.2. The molecular formula is C23H32N4O2. The van der Waals surface area contributed by atoms with Gasteiger partial charge in [0, 0.05) is 13.1 Å². The number of nitrogens with one attached hydrogen (secondary N) is 1. The van der Waals surface area contributed by atoms with E-state index in [1.165, 1.54) is 37.1 Å². The van der Waals surface area contributed by atoms with Crippen LogP contribution in [0.5, 0.6) is 11.5 Å². The van der Waals surface area contributed by atoms with E-state index in [0.717, 1.165) is 30.0 Å². The first-order valence-electron chi connectivity index (χ1n) is 10.2. The fourth-order valence-corrected chi connectivity index (χ4v) is 3.55. The Morgan fingerprint density at radius 3 is 2.31 bits per heavy atom. The van der Waals surface area contributed by atoms with Crippen LogP contribution in [0.25, 0.3) is 0 Å². The molecule has 3 rings (SSSR count). The highest BCUT2D eigenvalue weighted by atomic mass is 16.5. The average molecular weight is 397 g/mol. The van der Waals surface area contributed by atoms with Crippen molar-refractivity contribution in [2.75, 3.05) is 33.9 Å². The predicted molar refractivity (Wildman–Crippen MR) is 118 cm³/mol. The zero-order valence-electron chi connectivity index (χ0n) is 17.5. The molecule has 1 heterocycles. The van der Waals surface area contributed by atoms with Gasteiger partial charge in [-0.15, -0.1) is 0 Å². The second kappa shape index (κ2) is 10.7. The topological polar surface area (TPSA) is 72.1 Å². The summed E-state index contributed by atoms with van der Waals surface area (Å²) in [5, 5.41) is 3.18. The maximum absolute atomic E-state index is 6.01. The van der Waals surface area contributed by atoms with Crippen LogP contribution in [0.3, 0.4) is 0 Å². The normalized spacial score (nSPS) is 14.8. The first-order valence-corrected chi connectivity index (χ1v) is 10.2. The number of guanidine groups is 1. The largest absolute Gasteiger partial charge is 0.493 e. The van der Waals surface area contributed by atoms with Crippen molar-refractivity contribution in [1.82, 2.24) is 10.2 Å². The van der Waals surface area contributed by atoms with Crippen molar-refractivity contribution < 1.29 is 9.47 Å². The van der Waals surface area contributed by atoms with Crippen molar-refractivity contribution in [3.05, 3.63) is 59.2 Å². The van der Waals surface area contributed by atoms with E-state index in [4.69, 9.17) is 15.2 Å². The Bertz CT molecular complexity index is 799. The number of benzene rings is 2. The van der Waals surface area contributed by atoms with Gasteiger partial charge in [-0.1, -0.05) is 30.3 Å². The van der Waals surface area contributed by atoms with E-state index in [2.05, 4.69) is 39.5 Å². The van der Waals surface area contributed by atoms with Gasteiger partial charge in [0.25, 0.3) is 0 Å². The lowest BCUT2D eigenvalue weighted by molar-refractivity contribution is 0.331. The highest BCUT2D eigenvalue weighted by Crippen LogP contribution is 2.27. The van der Waals surface area contributed by atoms with Crippen molar-refractivity contribution in [3.8, 4) is 11.5 Å². The number of hydrogen-bond donors (Lipinski definition) is 2. The molecule has 0 atom stereocenters. The van der Waals surface area contributed by atoms with Gasteiger partial charge in [0.15, 0.2) is 17.5 Å². The van der Waals surface area contributed by atoms with Crippen molar-refractivity contribution in [1.29, 1.82) is 0 Å². The molecule has 0 amide bonds. The number of methoxy groups -OCH3 is 2. The number of likely N-dealkylation sites (tertiary alicyclic amines) is 1. The fourth-order valence-electron chi connectivity index (χ4n) is 3.55. The molecule has 0 radical (unpaired) electrons.